The van der Waals surface area contributed by atoms with Gasteiger partial charge < -0.3 is 19.9 Å². The normalized spacial score (nSPS) is 14.7. The predicted molar refractivity (Wildman–Crippen MR) is 61.5 cm³/mol. The molecule has 0 aromatic rings. The van der Waals surface area contributed by atoms with E-state index < -0.39 is 23.3 Å². The first-order valence-corrected chi connectivity index (χ1v) is 5.45. The lowest BCUT2D eigenvalue weighted by Crippen LogP contribution is -2.48. The molecule has 17 heavy (non-hydrogen) atoms. The summed E-state index contributed by atoms with van der Waals surface area (Å²) >= 11 is 0. The van der Waals surface area contributed by atoms with E-state index in [0.717, 1.165) is 0 Å². The van der Waals surface area contributed by atoms with Gasteiger partial charge >= 0.3 is 12.1 Å². The number of hydrogen-bond donors (Lipinski definition) is 2. The zero-order valence-electron chi connectivity index (χ0n) is 11.0. The molecule has 0 aromatic carbocycles. The van der Waals surface area contributed by atoms with Crippen molar-refractivity contribution >= 4 is 12.1 Å². The standard InChI is InChI=1S/C11H21NO5/c1-6-16-8(13)11(5,15)7-12-9(14)17-10(2,3)4/h15H,6-7H2,1-5H3,(H,12,14). The van der Waals surface area contributed by atoms with Gasteiger partial charge in [0, 0.05) is 0 Å². The van der Waals surface area contributed by atoms with Crippen LogP contribution < -0.4 is 5.32 Å². The minimum atomic E-state index is -1.76. The second kappa shape index (κ2) is 5.86. The Morgan fingerprint density at radius 3 is 2.18 bits per heavy atom. The van der Waals surface area contributed by atoms with Crippen LogP contribution in [0.2, 0.25) is 0 Å². The van der Waals surface area contributed by atoms with Crippen LogP contribution in [0.4, 0.5) is 4.79 Å². The number of ether oxygens (including phenoxy) is 2. The number of rotatable bonds is 4. The van der Waals surface area contributed by atoms with Crippen LogP contribution in [0.3, 0.4) is 0 Å². The van der Waals surface area contributed by atoms with E-state index >= 15 is 0 Å². The van der Waals surface area contributed by atoms with Gasteiger partial charge in [-0.1, -0.05) is 0 Å². The lowest BCUT2D eigenvalue weighted by molar-refractivity contribution is -0.162. The Labute approximate surface area is 101 Å². The smallest absolute Gasteiger partial charge is 0.407 e. The van der Waals surface area contributed by atoms with Crippen LogP contribution in [-0.2, 0) is 14.3 Å². The molecule has 100 valence electrons. The van der Waals surface area contributed by atoms with Crippen molar-refractivity contribution in [1.29, 1.82) is 0 Å². The Bertz CT molecular complexity index is 280. The summed E-state index contributed by atoms with van der Waals surface area (Å²) in [6, 6.07) is 0. The molecule has 0 aliphatic carbocycles. The van der Waals surface area contributed by atoms with Crippen LogP contribution in [0, 0.1) is 0 Å². The SMILES string of the molecule is CCOC(=O)C(C)(O)CNC(=O)OC(C)(C)C. The molecule has 0 aromatic heterocycles. The van der Waals surface area contributed by atoms with Crippen molar-refractivity contribution in [3.8, 4) is 0 Å². The van der Waals surface area contributed by atoms with Gasteiger partial charge in [-0.25, -0.2) is 9.59 Å². The third kappa shape index (κ3) is 6.78. The third-order valence-electron chi connectivity index (χ3n) is 1.69. The molecular formula is C11H21NO5. The molecule has 0 aliphatic heterocycles. The summed E-state index contributed by atoms with van der Waals surface area (Å²) in [6.07, 6.45) is -0.693. The van der Waals surface area contributed by atoms with Crippen molar-refractivity contribution in [2.24, 2.45) is 0 Å². The number of alkyl carbamates (subject to hydrolysis) is 1. The highest BCUT2D eigenvalue weighted by molar-refractivity contribution is 5.80. The molecule has 6 heteroatoms. The van der Waals surface area contributed by atoms with E-state index in [-0.39, 0.29) is 13.2 Å². The van der Waals surface area contributed by atoms with Gasteiger partial charge in [-0.3, -0.25) is 0 Å². The van der Waals surface area contributed by atoms with Crippen molar-refractivity contribution in [1.82, 2.24) is 5.32 Å². The van der Waals surface area contributed by atoms with Crippen LogP contribution in [0.25, 0.3) is 0 Å². The van der Waals surface area contributed by atoms with E-state index in [9.17, 15) is 14.7 Å². The summed E-state index contributed by atoms with van der Waals surface area (Å²) in [7, 11) is 0. The van der Waals surface area contributed by atoms with E-state index in [2.05, 4.69) is 10.1 Å². The maximum absolute atomic E-state index is 11.3. The predicted octanol–water partition coefficient (Wildman–Crippen LogP) is 0.825. The highest BCUT2D eigenvalue weighted by Gasteiger charge is 2.32. The topological polar surface area (TPSA) is 84.9 Å². The molecule has 0 saturated heterocycles. The van der Waals surface area contributed by atoms with Crippen LogP contribution in [0.15, 0.2) is 0 Å². The van der Waals surface area contributed by atoms with Crippen LogP contribution in [0.1, 0.15) is 34.6 Å². The highest BCUT2D eigenvalue weighted by atomic mass is 16.6. The molecule has 0 aliphatic rings. The number of esters is 1. The molecule has 2 N–H and O–H groups in total. The van der Waals surface area contributed by atoms with Crippen molar-refractivity contribution in [3.05, 3.63) is 0 Å². The van der Waals surface area contributed by atoms with Gasteiger partial charge in [-0.05, 0) is 34.6 Å². The quantitative estimate of drug-likeness (QED) is 0.719. The molecule has 1 unspecified atom stereocenters. The van der Waals surface area contributed by atoms with Gasteiger partial charge in [0.05, 0.1) is 13.2 Å². The summed E-state index contributed by atoms with van der Waals surface area (Å²) in [5, 5.41) is 12.0. The molecule has 0 saturated carbocycles. The molecule has 0 heterocycles. The zero-order valence-corrected chi connectivity index (χ0v) is 11.0. The molecule has 0 fully saturated rings. The maximum Gasteiger partial charge on any atom is 0.407 e. The Morgan fingerprint density at radius 2 is 1.76 bits per heavy atom. The van der Waals surface area contributed by atoms with Crippen molar-refractivity contribution in [3.63, 3.8) is 0 Å². The first-order valence-electron chi connectivity index (χ1n) is 5.45. The number of carbonyl (C=O) groups excluding carboxylic acids is 2. The van der Waals surface area contributed by atoms with Crippen LogP contribution in [0.5, 0.6) is 0 Å². The zero-order chi connectivity index (χ0) is 13.7. The summed E-state index contributed by atoms with van der Waals surface area (Å²) in [5.74, 6) is -0.781. The maximum atomic E-state index is 11.3. The molecule has 1 atom stereocenters. The fourth-order valence-electron chi connectivity index (χ4n) is 0.917. The van der Waals surface area contributed by atoms with Crippen molar-refractivity contribution in [2.45, 2.75) is 45.8 Å². The lowest BCUT2D eigenvalue weighted by Gasteiger charge is -2.23. The largest absolute Gasteiger partial charge is 0.464 e. The van der Waals surface area contributed by atoms with Gasteiger partial charge in [0.25, 0.3) is 0 Å². The van der Waals surface area contributed by atoms with E-state index in [0.29, 0.717) is 0 Å². The van der Waals surface area contributed by atoms with Crippen molar-refractivity contribution < 1.29 is 24.2 Å². The number of hydrogen-bond acceptors (Lipinski definition) is 5. The fourth-order valence-corrected chi connectivity index (χ4v) is 0.917. The minimum Gasteiger partial charge on any atom is -0.464 e. The van der Waals surface area contributed by atoms with E-state index in [1.165, 1.54) is 6.92 Å². The Morgan fingerprint density at radius 1 is 1.24 bits per heavy atom. The van der Waals surface area contributed by atoms with Crippen molar-refractivity contribution in [2.75, 3.05) is 13.2 Å². The number of aliphatic hydroxyl groups is 1. The molecule has 0 radical (unpaired) electrons. The Balaban J connectivity index is 4.18. The summed E-state index contributed by atoms with van der Waals surface area (Å²) in [4.78, 5) is 22.6. The molecule has 0 spiro atoms. The number of carbonyl (C=O) groups is 2. The average Bonchev–Trinajstić information content (AvgIpc) is 2.12. The minimum absolute atomic E-state index is 0.168. The van der Waals surface area contributed by atoms with Gasteiger partial charge in [-0.2, -0.15) is 0 Å². The molecular weight excluding hydrogens is 226 g/mol. The molecule has 0 bridgehead atoms. The summed E-state index contributed by atoms with van der Waals surface area (Å²) in [6.45, 7) is 7.96. The Hall–Kier alpha value is -1.30. The number of amides is 1. The second-order valence-corrected chi connectivity index (χ2v) is 4.85. The second-order valence-electron chi connectivity index (χ2n) is 4.85. The lowest BCUT2D eigenvalue weighted by atomic mass is 10.1. The third-order valence-corrected chi connectivity index (χ3v) is 1.69. The monoisotopic (exact) mass is 247 g/mol. The first kappa shape index (κ1) is 15.7. The highest BCUT2D eigenvalue weighted by Crippen LogP contribution is 2.08. The van der Waals surface area contributed by atoms with Gasteiger partial charge in [0.15, 0.2) is 5.60 Å². The van der Waals surface area contributed by atoms with E-state index in [1.807, 2.05) is 0 Å². The molecule has 1 amide bonds. The summed E-state index contributed by atoms with van der Waals surface area (Å²) < 4.78 is 9.62. The van der Waals surface area contributed by atoms with Gasteiger partial charge in [0.2, 0.25) is 0 Å². The van der Waals surface area contributed by atoms with E-state index in [4.69, 9.17) is 4.74 Å². The Kier molecular flexibility index (Phi) is 5.41. The van der Waals surface area contributed by atoms with Crippen LogP contribution >= 0.6 is 0 Å². The van der Waals surface area contributed by atoms with Crippen LogP contribution in [-0.4, -0.2) is 41.5 Å². The fraction of sp³-hybridized carbons (Fsp3) is 0.818. The molecule has 6 nitrogen and oxygen atoms in total. The number of nitrogens with one attached hydrogen (secondary N) is 1. The van der Waals surface area contributed by atoms with Gasteiger partial charge in [0.1, 0.15) is 5.60 Å². The average molecular weight is 247 g/mol. The molecule has 0 rings (SSSR count). The first-order chi connectivity index (χ1) is 7.58. The van der Waals surface area contributed by atoms with E-state index in [1.54, 1.807) is 27.7 Å². The van der Waals surface area contributed by atoms with Gasteiger partial charge in [-0.15, -0.1) is 0 Å². The summed E-state index contributed by atoms with van der Waals surface area (Å²) in [5.41, 5.74) is -2.38.